The topological polar surface area (TPSA) is 12.0 Å². The fourth-order valence-electron chi connectivity index (χ4n) is 2.42. The molecular formula is C12H25N. The molecule has 0 radical (unpaired) electrons. The fraction of sp³-hybridized carbons (Fsp3) is 1.00. The average Bonchev–Trinajstić information content (AvgIpc) is 2.25. The van der Waals surface area contributed by atoms with Crippen LogP contribution in [0.1, 0.15) is 52.9 Å². The van der Waals surface area contributed by atoms with Gasteiger partial charge in [-0.3, -0.25) is 0 Å². The first-order chi connectivity index (χ1) is 6.05. The summed E-state index contributed by atoms with van der Waals surface area (Å²) in [6, 6.07) is 0.703. The van der Waals surface area contributed by atoms with E-state index >= 15 is 0 Å². The third-order valence-corrected chi connectivity index (χ3v) is 3.78. The minimum atomic E-state index is 0.599. The molecule has 0 spiro atoms. The van der Waals surface area contributed by atoms with E-state index in [1.807, 2.05) is 0 Å². The maximum absolute atomic E-state index is 3.39. The molecule has 1 rings (SSSR count). The van der Waals surface area contributed by atoms with Crippen molar-refractivity contribution in [3.05, 3.63) is 0 Å². The molecule has 2 unspecified atom stereocenters. The molecule has 1 aliphatic rings. The van der Waals surface area contributed by atoms with Crippen LogP contribution in [0.15, 0.2) is 0 Å². The molecule has 1 nitrogen and oxygen atoms in total. The fourth-order valence-corrected chi connectivity index (χ4v) is 2.42. The molecule has 1 saturated carbocycles. The Morgan fingerprint density at radius 2 is 1.92 bits per heavy atom. The predicted octanol–water partition coefficient (Wildman–Crippen LogP) is 3.20. The van der Waals surface area contributed by atoms with Crippen molar-refractivity contribution >= 4 is 0 Å². The molecule has 0 aliphatic heterocycles. The Labute approximate surface area is 83.3 Å². The first kappa shape index (κ1) is 11.0. The highest BCUT2D eigenvalue weighted by Crippen LogP contribution is 2.36. The second-order valence-corrected chi connectivity index (χ2v) is 5.43. The zero-order chi connectivity index (χ0) is 9.90. The lowest BCUT2D eigenvalue weighted by Crippen LogP contribution is -2.30. The quantitative estimate of drug-likeness (QED) is 0.648. The lowest BCUT2D eigenvalue weighted by atomic mass is 9.84. The van der Waals surface area contributed by atoms with Crippen molar-refractivity contribution in [2.24, 2.45) is 11.3 Å². The van der Waals surface area contributed by atoms with Gasteiger partial charge in [-0.15, -0.1) is 0 Å². The Hall–Kier alpha value is -0.0400. The average molecular weight is 183 g/mol. The van der Waals surface area contributed by atoms with E-state index in [9.17, 15) is 0 Å². The molecule has 0 bridgehead atoms. The first-order valence-electron chi connectivity index (χ1n) is 5.72. The van der Waals surface area contributed by atoms with Gasteiger partial charge in [0.25, 0.3) is 0 Å². The summed E-state index contributed by atoms with van der Waals surface area (Å²) in [5.74, 6) is 0.909. The Morgan fingerprint density at radius 1 is 1.23 bits per heavy atom. The maximum atomic E-state index is 3.39. The zero-order valence-corrected chi connectivity index (χ0v) is 9.69. The van der Waals surface area contributed by atoms with E-state index in [1.54, 1.807) is 0 Å². The maximum Gasteiger partial charge on any atom is 0.00640 e. The van der Waals surface area contributed by atoms with Gasteiger partial charge in [-0.1, -0.05) is 20.3 Å². The van der Waals surface area contributed by atoms with E-state index in [1.165, 1.54) is 32.1 Å². The van der Waals surface area contributed by atoms with Gasteiger partial charge in [0.05, 0.1) is 0 Å². The molecule has 2 atom stereocenters. The normalized spacial score (nSPS) is 30.9. The predicted molar refractivity (Wildman–Crippen MR) is 58.9 cm³/mol. The summed E-state index contributed by atoms with van der Waals surface area (Å²) in [4.78, 5) is 0. The summed E-state index contributed by atoms with van der Waals surface area (Å²) in [6.07, 6.45) is 7.08. The van der Waals surface area contributed by atoms with Crippen molar-refractivity contribution in [1.29, 1.82) is 0 Å². The van der Waals surface area contributed by atoms with Crippen LogP contribution >= 0.6 is 0 Å². The van der Waals surface area contributed by atoms with E-state index in [0.717, 1.165) is 5.92 Å². The Bertz CT molecular complexity index is 151. The van der Waals surface area contributed by atoms with Gasteiger partial charge in [0.2, 0.25) is 0 Å². The Morgan fingerprint density at radius 3 is 2.54 bits per heavy atom. The lowest BCUT2D eigenvalue weighted by Gasteiger charge is -2.24. The zero-order valence-electron chi connectivity index (χ0n) is 9.69. The highest BCUT2D eigenvalue weighted by atomic mass is 14.9. The third kappa shape index (κ3) is 3.30. The van der Waals surface area contributed by atoms with Crippen LogP contribution in [0.3, 0.4) is 0 Å². The van der Waals surface area contributed by atoms with Crippen molar-refractivity contribution in [3.8, 4) is 0 Å². The Kier molecular flexibility index (Phi) is 3.78. The molecular weight excluding hydrogens is 158 g/mol. The smallest absolute Gasteiger partial charge is 0.00640 e. The number of rotatable bonds is 2. The van der Waals surface area contributed by atoms with Crippen molar-refractivity contribution in [2.45, 2.75) is 58.9 Å². The van der Waals surface area contributed by atoms with Gasteiger partial charge < -0.3 is 5.32 Å². The van der Waals surface area contributed by atoms with E-state index in [-0.39, 0.29) is 0 Å². The molecule has 78 valence electrons. The minimum Gasteiger partial charge on any atom is -0.317 e. The molecule has 0 aromatic carbocycles. The van der Waals surface area contributed by atoms with E-state index in [2.05, 4.69) is 33.1 Å². The van der Waals surface area contributed by atoms with Gasteiger partial charge in [-0.2, -0.15) is 0 Å². The van der Waals surface area contributed by atoms with E-state index < -0.39 is 0 Å². The van der Waals surface area contributed by atoms with Crippen LogP contribution in [0, 0.1) is 11.3 Å². The van der Waals surface area contributed by atoms with Gasteiger partial charge in [0, 0.05) is 6.04 Å². The van der Waals surface area contributed by atoms with Crippen LogP contribution in [0.2, 0.25) is 0 Å². The van der Waals surface area contributed by atoms with Crippen LogP contribution < -0.4 is 5.32 Å². The molecule has 1 N–H and O–H groups in total. The molecule has 0 aromatic heterocycles. The molecule has 0 heterocycles. The van der Waals surface area contributed by atoms with Crippen LogP contribution in [-0.2, 0) is 0 Å². The number of nitrogens with one attached hydrogen (secondary N) is 1. The highest BCUT2D eigenvalue weighted by molar-refractivity contribution is 4.80. The SMILES string of the molecule is CNC(C)C1CCCC(C)(C)CC1. The molecule has 0 amide bonds. The van der Waals surface area contributed by atoms with Crippen molar-refractivity contribution in [2.75, 3.05) is 7.05 Å². The summed E-state index contributed by atoms with van der Waals surface area (Å²) in [5, 5.41) is 3.39. The van der Waals surface area contributed by atoms with Crippen molar-refractivity contribution in [3.63, 3.8) is 0 Å². The van der Waals surface area contributed by atoms with E-state index in [4.69, 9.17) is 0 Å². The molecule has 1 aliphatic carbocycles. The van der Waals surface area contributed by atoms with Gasteiger partial charge in [0.1, 0.15) is 0 Å². The lowest BCUT2D eigenvalue weighted by molar-refractivity contribution is 0.296. The number of hydrogen-bond donors (Lipinski definition) is 1. The van der Waals surface area contributed by atoms with Crippen molar-refractivity contribution in [1.82, 2.24) is 5.32 Å². The Balaban J connectivity index is 2.45. The molecule has 1 fully saturated rings. The molecule has 0 aromatic rings. The number of hydrogen-bond acceptors (Lipinski definition) is 1. The highest BCUT2D eigenvalue weighted by Gasteiger charge is 2.26. The second-order valence-electron chi connectivity index (χ2n) is 5.43. The summed E-state index contributed by atoms with van der Waals surface area (Å²) < 4.78 is 0. The summed E-state index contributed by atoms with van der Waals surface area (Å²) in [7, 11) is 2.08. The summed E-state index contributed by atoms with van der Waals surface area (Å²) in [5.41, 5.74) is 0.599. The van der Waals surface area contributed by atoms with Crippen LogP contribution in [-0.4, -0.2) is 13.1 Å². The monoisotopic (exact) mass is 183 g/mol. The van der Waals surface area contributed by atoms with Gasteiger partial charge in [0.15, 0.2) is 0 Å². The van der Waals surface area contributed by atoms with Gasteiger partial charge in [-0.25, -0.2) is 0 Å². The molecule has 13 heavy (non-hydrogen) atoms. The molecule has 1 heteroatoms. The van der Waals surface area contributed by atoms with Crippen LogP contribution in [0.4, 0.5) is 0 Å². The second kappa shape index (κ2) is 4.45. The summed E-state index contributed by atoms with van der Waals surface area (Å²) >= 11 is 0. The standard InChI is InChI=1S/C12H25N/c1-10(13-4)11-6-5-8-12(2,3)9-7-11/h10-11,13H,5-9H2,1-4H3. The van der Waals surface area contributed by atoms with Crippen LogP contribution in [0.5, 0.6) is 0 Å². The molecule has 0 saturated heterocycles. The van der Waals surface area contributed by atoms with Gasteiger partial charge in [-0.05, 0) is 51.0 Å². The van der Waals surface area contributed by atoms with Gasteiger partial charge >= 0.3 is 0 Å². The van der Waals surface area contributed by atoms with Crippen LogP contribution in [0.25, 0.3) is 0 Å². The summed E-state index contributed by atoms with van der Waals surface area (Å²) in [6.45, 7) is 7.15. The largest absolute Gasteiger partial charge is 0.317 e. The third-order valence-electron chi connectivity index (χ3n) is 3.78. The van der Waals surface area contributed by atoms with E-state index in [0.29, 0.717) is 11.5 Å². The van der Waals surface area contributed by atoms with Crippen molar-refractivity contribution < 1.29 is 0 Å². The minimum absolute atomic E-state index is 0.599. The first-order valence-corrected chi connectivity index (χ1v) is 5.72.